The first-order valence-electron chi connectivity index (χ1n) is 12.9. The molecule has 230 valence electrons. The van der Waals surface area contributed by atoms with Gasteiger partial charge in [0.15, 0.2) is 23.0 Å². The number of aromatic amines is 1. The standard InChI is InChI=1S/C21H25N9O10P2S/c22-10-1-2-26-30-11(5-24-17(10)30)12-4-13-15(38-12)7-36-42(34,43)40-14-3-9(6-35-41(32,33)39-13)37-20(14)29-8-25-16-18(29)27-21(23)28-19(16)31/h1-2,5,8-9,12-15,20H,3-4,6-7,22H2,(H,32,33)(H,34,43)(H3,23,27,28,31)/t9-,12+,13-,14+,15+,20+,42?/m0/s1. The van der Waals surface area contributed by atoms with Gasteiger partial charge in [0.1, 0.15) is 24.4 Å². The lowest BCUT2D eigenvalue weighted by molar-refractivity contribution is -0.0583. The molecule has 7 rings (SSSR count). The summed E-state index contributed by atoms with van der Waals surface area (Å²) in [6.45, 7) is -4.72. The lowest BCUT2D eigenvalue weighted by Crippen LogP contribution is -2.29. The maximum Gasteiger partial charge on any atom is 0.472 e. The first-order chi connectivity index (χ1) is 20.5. The number of hydrogen-bond acceptors (Lipinski definition) is 15. The van der Waals surface area contributed by atoms with E-state index in [0.717, 1.165) is 0 Å². The fraction of sp³-hybridized carbons (Fsp3) is 0.476. The molecule has 3 aliphatic rings. The predicted octanol–water partition coefficient (Wildman–Crippen LogP) is 0.279. The van der Waals surface area contributed by atoms with Crippen LogP contribution in [0.2, 0.25) is 0 Å². The van der Waals surface area contributed by atoms with Gasteiger partial charge < -0.3 is 39.8 Å². The summed E-state index contributed by atoms with van der Waals surface area (Å²) in [6, 6.07) is 1.60. The Morgan fingerprint density at radius 3 is 2.72 bits per heavy atom. The van der Waals surface area contributed by atoms with Crippen molar-refractivity contribution in [3.05, 3.63) is 40.8 Å². The van der Waals surface area contributed by atoms with Gasteiger partial charge >= 0.3 is 14.5 Å². The maximum absolute atomic E-state index is 13.1. The number of H-pyrrole nitrogens is 1. The van der Waals surface area contributed by atoms with Crippen molar-refractivity contribution in [2.75, 3.05) is 24.7 Å². The van der Waals surface area contributed by atoms with Crippen molar-refractivity contribution in [1.29, 1.82) is 0 Å². The number of phosphoric acid groups is 1. The Kier molecular flexibility index (Phi) is 7.14. The molecule has 3 aliphatic heterocycles. The molecule has 0 aliphatic carbocycles. The average Bonchev–Trinajstić information content (AvgIpc) is 3.71. The van der Waals surface area contributed by atoms with Crippen LogP contribution in [-0.4, -0.2) is 81.5 Å². The number of phosphoric ester groups is 1. The third kappa shape index (κ3) is 5.49. The van der Waals surface area contributed by atoms with Gasteiger partial charge in [0.05, 0.1) is 49.4 Å². The monoisotopic (exact) mass is 657 g/mol. The van der Waals surface area contributed by atoms with Crippen molar-refractivity contribution >= 4 is 54.8 Å². The summed E-state index contributed by atoms with van der Waals surface area (Å²) in [7, 11) is -4.67. The number of nitrogen functional groups attached to an aromatic ring is 2. The zero-order valence-corrected chi connectivity index (χ0v) is 24.5. The van der Waals surface area contributed by atoms with Gasteiger partial charge in [-0.25, -0.2) is 19.0 Å². The molecule has 8 atom stereocenters. The number of rotatable bonds is 2. The van der Waals surface area contributed by atoms with Crippen LogP contribution in [0.1, 0.15) is 30.9 Å². The minimum atomic E-state index is -4.67. The van der Waals surface area contributed by atoms with Crippen LogP contribution in [0.4, 0.5) is 11.6 Å². The van der Waals surface area contributed by atoms with Gasteiger partial charge in [0.25, 0.3) is 5.56 Å². The third-order valence-corrected chi connectivity index (χ3v) is 9.82. The second-order valence-electron chi connectivity index (χ2n) is 10.1. The number of imidazole rings is 2. The molecule has 7 N–H and O–H groups in total. The Bertz CT molecular complexity index is 1870. The van der Waals surface area contributed by atoms with Crippen LogP contribution in [-0.2, 0) is 43.9 Å². The fourth-order valence-corrected chi connectivity index (χ4v) is 7.78. The molecule has 4 aromatic heterocycles. The van der Waals surface area contributed by atoms with E-state index in [1.165, 1.54) is 27.8 Å². The highest BCUT2D eigenvalue weighted by Crippen LogP contribution is 2.54. The molecule has 0 radical (unpaired) electrons. The van der Waals surface area contributed by atoms with Gasteiger partial charge in [0.2, 0.25) is 5.95 Å². The Hall–Kier alpha value is -2.87. The number of hydrogen-bond donors (Lipinski definition) is 5. The van der Waals surface area contributed by atoms with Crippen LogP contribution >= 0.6 is 14.5 Å². The lowest BCUT2D eigenvalue weighted by Gasteiger charge is -2.27. The molecule has 43 heavy (non-hydrogen) atoms. The largest absolute Gasteiger partial charge is 0.472 e. The van der Waals surface area contributed by atoms with Gasteiger partial charge in [-0.3, -0.25) is 23.4 Å². The summed E-state index contributed by atoms with van der Waals surface area (Å²) >= 11 is 5.31. The van der Waals surface area contributed by atoms with Crippen LogP contribution in [0.3, 0.4) is 0 Å². The topological polar surface area (TPSA) is 259 Å². The minimum absolute atomic E-state index is 0.0126. The van der Waals surface area contributed by atoms with E-state index in [0.29, 0.717) is 17.0 Å². The van der Waals surface area contributed by atoms with E-state index < -0.39 is 56.8 Å². The first-order valence-corrected chi connectivity index (χ1v) is 17.0. The highest BCUT2D eigenvalue weighted by atomic mass is 32.5. The van der Waals surface area contributed by atoms with Crippen molar-refractivity contribution in [2.24, 2.45) is 0 Å². The quantitative estimate of drug-likeness (QED) is 0.181. The second kappa shape index (κ2) is 10.6. The molecule has 3 saturated heterocycles. The van der Waals surface area contributed by atoms with E-state index >= 15 is 0 Å². The molecule has 7 heterocycles. The zero-order valence-electron chi connectivity index (χ0n) is 21.9. The van der Waals surface area contributed by atoms with E-state index in [2.05, 4.69) is 25.0 Å². The molecule has 0 aromatic carbocycles. The molecule has 3 fully saturated rings. The van der Waals surface area contributed by atoms with Gasteiger partial charge in [-0.15, -0.1) is 0 Å². The Morgan fingerprint density at radius 2 is 1.88 bits per heavy atom. The van der Waals surface area contributed by atoms with Gasteiger partial charge in [-0.05, 0) is 17.9 Å². The second-order valence-corrected chi connectivity index (χ2v) is 14.3. The minimum Gasteiger partial charge on any atom is -0.396 e. The normalized spacial score (nSPS) is 35.4. The van der Waals surface area contributed by atoms with E-state index in [-0.39, 0.29) is 43.2 Å². The van der Waals surface area contributed by atoms with Crippen molar-refractivity contribution < 1.29 is 41.9 Å². The average molecular weight is 657 g/mol. The summed E-state index contributed by atoms with van der Waals surface area (Å²) in [5.74, 6) is -0.154. The molecule has 0 amide bonds. The molecule has 0 spiro atoms. The molecule has 19 nitrogen and oxygen atoms in total. The zero-order chi connectivity index (χ0) is 30.1. The summed E-state index contributed by atoms with van der Waals surface area (Å²) in [5.41, 5.74) is 12.5. The van der Waals surface area contributed by atoms with Gasteiger partial charge in [0, 0.05) is 12.8 Å². The smallest absolute Gasteiger partial charge is 0.396 e. The van der Waals surface area contributed by atoms with Gasteiger partial charge in [-0.1, -0.05) is 0 Å². The number of nitrogens with one attached hydrogen (secondary N) is 1. The molecule has 2 bridgehead atoms. The highest BCUT2D eigenvalue weighted by molar-refractivity contribution is 8.07. The van der Waals surface area contributed by atoms with E-state index in [4.69, 9.17) is 50.8 Å². The van der Waals surface area contributed by atoms with E-state index in [9.17, 15) is 19.1 Å². The molecule has 2 unspecified atom stereocenters. The predicted molar refractivity (Wildman–Crippen MR) is 149 cm³/mol. The van der Waals surface area contributed by atoms with Crippen LogP contribution in [0.25, 0.3) is 16.8 Å². The highest BCUT2D eigenvalue weighted by Gasteiger charge is 2.47. The third-order valence-electron chi connectivity index (χ3n) is 7.22. The number of nitrogens with two attached hydrogens (primary N) is 2. The van der Waals surface area contributed by atoms with Crippen molar-refractivity contribution in [3.63, 3.8) is 0 Å². The van der Waals surface area contributed by atoms with Crippen molar-refractivity contribution in [2.45, 2.75) is 49.6 Å². The number of ether oxygens (including phenoxy) is 2. The Morgan fingerprint density at radius 1 is 1.05 bits per heavy atom. The van der Waals surface area contributed by atoms with E-state index in [1.54, 1.807) is 6.07 Å². The molecular formula is C21H25N9O10P2S. The molecule has 22 heteroatoms. The maximum atomic E-state index is 13.1. The fourth-order valence-electron chi connectivity index (χ4n) is 5.36. The Balaban J connectivity index is 1.17. The van der Waals surface area contributed by atoms with Crippen LogP contribution in [0.15, 0.2) is 29.6 Å². The number of fused-ring (bicyclic) bond motifs is 5. The SMILES string of the molecule is Nc1nc2c(ncn2[C@@H]2O[C@@H]3COP(=O)(O)O[C@H]4C[C@H](c5cnc6c(N)ccnn56)O[C@@H]4COP(O)(=S)O[C@@H]2C3)c(=O)[nH]1. The number of anilines is 2. The van der Waals surface area contributed by atoms with E-state index in [1.807, 2.05) is 0 Å². The molecular weight excluding hydrogens is 632 g/mol. The molecule has 4 aromatic rings. The molecule has 0 saturated carbocycles. The summed E-state index contributed by atoms with van der Waals surface area (Å²) < 4.78 is 50.5. The van der Waals surface area contributed by atoms with Crippen molar-refractivity contribution in [1.82, 2.24) is 34.1 Å². The van der Waals surface area contributed by atoms with Gasteiger partial charge in [-0.2, -0.15) is 10.1 Å². The Labute approximate surface area is 245 Å². The van der Waals surface area contributed by atoms with Crippen molar-refractivity contribution in [3.8, 4) is 0 Å². The summed E-state index contributed by atoms with van der Waals surface area (Å²) in [5, 5.41) is 4.27. The first kappa shape index (κ1) is 28.9. The van der Waals surface area contributed by atoms with Crippen LogP contribution in [0, 0.1) is 0 Å². The summed E-state index contributed by atoms with van der Waals surface area (Å²) in [4.78, 5) is 48.8. The lowest BCUT2D eigenvalue weighted by atomic mass is 10.1. The summed E-state index contributed by atoms with van der Waals surface area (Å²) in [6.07, 6.45) is -1.04. The number of nitrogens with zero attached hydrogens (tertiary/aromatic N) is 6. The van der Waals surface area contributed by atoms with Crippen LogP contribution in [0.5, 0.6) is 0 Å². The van der Waals surface area contributed by atoms with Crippen LogP contribution < -0.4 is 17.0 Å². The number of aromatic nitrogens is 7.